The summed E-state index contributed by atoms with van der Waals surface area (Å²) in [6, 6.07) is -0.348. The average Bonchev–Trinajstić information content (AvgIpc) is 2.03. The molecule has 14 heavy (non-hydrogen) atoms. The Kier molecular flexibility index (Phi) is 5.57. The van der Waals surface area contributed by atoms with Crippen LogP contribution in [0.15, 0.2) is 0 Å². The second-order valence-corrected chi connectivity index (χ2v) is 3.25. The van der Waals surface area contributed by atoms with Gasteiger partial charge in [-0.1, -0.05) is 26.7 Å². The Balaban J connectivity index is 4.08. The summed E-state index contributed by atoms with van der Waals surface area (Å²) in [5.41, 5.74) is 0. The minimum absolute atomic E-state index is 0.348. The molecule has 2 nitrogen and oxygen atoms in total. The third-order valence-electron chi connectivity index (χ3n) is 1.87. The lowest BCUT2D eigenvalue weighted by atomic mass is 10.1. The molecule has 0 rings (SSSR count). The highest BCUT2D eigenvalue weighted by Crippen LogP contribution is 2.16. The normalized spacial score (nSPS) is 11.9. The summed E-state index contributed by atoms with van der Waals surface area (Å²) in [6.07, 6.45) is -2.04. The van der Waals surface area contributed by atoms with Crippen LogP contribution < -0.4 is 5.32 Å². The zero-order valence-electron chi connectivity index (χ0n) is 8.45. The molecule has 0 aliphatic rings. The molecule has 0 spiro atoms. The van der Waals surface area contributed by atoms with Crippen molar-refractivity contribution in [3.8, 4) is 0 Å². The molecule has 0 saturated carbocycles. The average molecular weight is 211 g/mol. The van der Waals surface area contributed by atoms with Crippen LogP contribution in [-0.2, 0) is 4.79 Å². The van der Waals surface area contributed by atoms with Crippen molar-refractivity contribution < 1.29 is 18.0 Å². The van der Waals surface area contributed by atoms with E-state index in [1.807, 2.05) is 19.2 Å². The molecular formula is C9H16F3NO. The number of nitrogens with one attached hydrogen (secondary N) is 1. The van der Waals surface area contributed by atoms with Gasteiger partial charge in [-0.25, -0.2) is 0 Å². The van der Waals surface area contributed by atoms with Crippen LogP contribution in [0.5, 0.6) is 0 Å². The van der Waals surface area contributed by atoms with Gasteiger partial charge in [0.25, 0.3) is 0 Å². The van der Waals surface area contributed by atoms with E-state index in [9.17, 15) is 18.0 Å². The summed E-state index contributed by atoms with van der Waals surface area (Å²) >= 11 is 0. The lowest BCUT2D eigenvalue weighted by Gasteiger charge is -2.18. The molecule has 0 aliphatic carbocycles. The van der Waals surface area contributed by atoms with Crippen LogP contribution in [0.4, 0.5) is 13.2 Å². The molecule has 0 bridgehead atoms. The first-order chi connectivity index (χ1) is 6.41. The van der Waals surface area contributed by atoms with Gasteiger partial charge in [-0.15, -0.1) is 0 Å². The van der Waals surface area contributed by atoms with Gasteiger partial charge in [0, 0.05) is 6.04 Å². The van der Waals surface area contributed by atoms with E-state index in [0.29, 0.717) is 12.8 Å². The summed E-state index contributed by atoms with van der Waals surface area (Å²) in [5.74, 6) is -1.83. The quantitative estimate of drug-likeness (QED) is 0.744. The standard InChI is InChI=1S/C9H16F3NO/c1-3-5-7(6-4-2)13-8(14)9(10,11)12/h7H,3-6H2,1-2H3,(H,13,14). The second-order valence-electron chi connectivity index (χ2n) is 3.25. The molecule has 0 aromatic carbocycles. The van der Waals surface area contributed by atoms with Crippen molar-refractivity contribution in [1.82, 2.24) is 5.32 Å². The molecule has 0 atom stereocenters. The first kappa shape index (κ1) is 13.3. The predicted molar refractivity (Wildman–Crippen MR) is 47.8 cm³/mol. The topological polar surface area (TPSA) is 29.1 Å². The van der Waals surface area contributed by atoms with Gasteiger partial charge in [-0.3, -0.25) is 4.79 Å². The Morgan fingerprint density at radius 1 is 1.21 bits per heavy atom. The van der Waals surface area contributed by atoms with Gasteiger partial charge in [0.2, 0.25) is 0 Å². The molecule has 0 aromatic rings. The summed E-state index contributed by atoms with van der Waals surface area (Å²) in [6.45, 7) is 3.75. The highest BCUT2D eigenvalue weighted by atomic mass is 19.4. The fourth-order valence-electron chi connectivity index (χ4n) is 1.25. The highest BCUT2D eigenvalue weighted by molar-refractivity contribution is 5.81. The number of carbonyl (C=O) groups is 1. The fraction of sp³-hybridized carbons (Fsp3) is 0.889. The molecule has 84 valence electrons. The van der Waals surface area contributed by atoms with Crippen LogP contribution in [0.3, 0.4) is 0 Å². The van der Waals surface area contributed by atoms with E-state index in [2.05, 4.69) is 0 Å². The summed E-state index contributed by atoms with van der Waals surface area (Å²) in [5, 5.41) is 1.99. The van der Waals surface area contributed by atoms with E-state index in [0.717, 1.165) is 12.8 Å². The number of hydrogen-bond donors (Lipinski definition) is 1. The lowest BCUT2D eigenvalue weighted by molar-refractivity contribution is -0.174. The highest BCUT2D eigenvalue weighted by Gasteiger charge is 2.39. The Labute approximate surface area is 81.9 Å². The third kappa shape index (κ3) is 5.09. The van der Waals surface area contributed by atoms with Gasteiger partial charge in [-0.2, -0.15) is 13.2 Å². The molecule has 1 amide bonds. The molecule has 0 fully saturated rings. The summed E-state index contributed by atoms with van der Waals surface area (Å²) in [7, 11) is 0. The number of rotatable bonds is 5. The maximum absolute atomic E-state index is 11.9. The van der Waals surface area contributed by atoms with Crippen molar-refractivity contribution >= 4 is 5.91 Å². The Hall–Kier alpha value is -0.740. The zero-order chi connectivity index (χ0) is 11.2. The SMILES string of the molecule is CCCC(CCC)NC(=O)C(F)(F)F. The van der Waals surface area contributed by atoms with Gasteiger partial charge < -0.3 is 5.32 Å². The van der Waals surface area contributed by atoms with Gasteiger partial charge in [-0.05, 0) is 12.8 Å². The largest absolute Gasteiger partial charge is 0.471 e. The minimum atomic E-state index is -4.76. The van der Waals surface area contributed by atoms with Gasteiger partial charge >= 0.3 is 12.1 Å². The van der Waals surface area contributed by atoms with Crippen LogP contribution in [0.2, 0.25) is 0 Å². The maximum Gasteiger partial charge on any atom is 0.471 e. The number of carbonyl (C=O) groups excluding carboxylic acids is 1. The number of amides is 1. The first-order valence-corrected chi connectivity index (χ1v) is 4.79. The van der Waals surface area contributed by atoms with Crippen molar-refractivity contribution in [2.24, 2.45) is 0 Å². The molecule has 5 heteroatoms. The molecular weight excluding hydrogens is 195 g/mol. The van der Waals surface area contributed by atoms with Crippen molar-refractivity contribution in [1.29, 1.82) is 0 Å². The van der Waals surface area contributed by atoms with Crippen molar-refractivity contribution in [2.75, 3.05) is 0 Å². The summed E-state index contributed by atoms with van der Waals surface area (Å²) < 4.78 is 35.6. The van der Waals surface area contributed by atoms with E-state index in [1.165, 1.54) is 0 Å². The van der Waals surface area contributed by atoms with Gasteiger partial charge in [0.05, 0.1) is 0 Å². The second kappa shape index (κ2) is 5.88. The maximum atomic E-state index is 11.9. The molecule has 1 N–H and O–H groups in total. The van der Waals surface area contributed by atoms with Gasteiger partial charge in [0.1, 0.15) is 0 Å². The van der Waals surface area contributed by atoms with Crippen LogP contribution in [0.25, 0.3) is 0 Å². The Bertz CT molecular complexity index is 173. The first-order valence-electron chi connectivity index (χ1n) is 4.79. The Morgan fingerprint density at radius 2 is 1.64 bits per heavy atom. The zero-order valence-corrected chi connectivity index (χ0v) is 8.45. The minimum Gasteiger partial charge on any atom is -0.346 e. The van der Waals surface area contributed by atoms with E-state index in [1.54, 1.807) is 0 Å². The monoisotopic (exact) mass is 211 g/mol. The van der Waals surface area contributed by atoms with Crippen LogP contribution in [0.1, 0.15) is 39.5 Å². The van der Waals surface area contributed by atoms with Crippen molar-refractivity contribution in [3.63, 3.8) is 0 Å². The van der Waals surface area contributed by atoms with Gasteiger partial charge in [0.15, 0.2) is 0 Å². The molecule has 0 radical (unpaired) electrons. The van der Waals surface area contributed by atoms with E-state index < -0.39 is 12.1 Å². The predicted octanol–water partition coefficient (Wildman–Crippen LogP) is 2.63. The van der Waals surface area contributed by atoms with Crippen molar-refractivity contribution in [3.05, 3.63) is 0 Å². The van der Waals surface area contributed by atoms with E-state index >= 15 is 0 Å². The molecule has 0 aliphatic heterocycles. The summed E-state index contributed by atoms with van der Waals surface area (Å²) in [4.78, 5) is 10.6. The molecule has 0 heterocycles. The third-order valence-corrected chi connectivity index (χ3v) is 1.87. The fourth-order valence-corrected chi connectivity index (χ4v) is 1.25. The molecule has 0 aromatic heterocycles. The number of hydrogen-bond acceptors (Lipinski definition) is 1. The van der Waals surface area contributed by atoms with E-state index in [-0.39, 0.29) is 6.04 Å². The van der Waals surface area contributed by atoms with E-state index in [4.69, 9.17) is 0 Å². The molecule has 0 unspecified atom stereocenters. The van der Waals surface area contributed by atoms with Crippen LogP contribution in [-0.4, -0.2) is 18.1 Å². The van der Waals surface area contributed by atoms with Crippen LogP contribution >= 0.6 is 0 Å². The Morgan fingerprint density at radius 3 is 1.93 bits per heavy atom. The number of alkyl halides is 3. The molecule has 0 saturated heterocycles. The van der Waals surface area contributed by atoms with Crippen LogP contribution in [0, 0.1) is 0 Å². The number of halogens is 3. The van der Waals surface area contributed by atoms with Crippen molar-refractivity contribution in [2.45, 2.75) is 51.7 Å². The smallest absolute Gasteiger partial charge is 0.346 e. The lowest BCUT2D eigenvalue weighted by Crippen LogP contribution is -2.43.